The molecule has 0 amide bonds. The fourth-order valence-corrected chi connectivity index (χ4v) is 8.75. The number of aryl methyl sites for hydroxylation is 2. The van der Waals surface area contributed by atoms with Gasteiger partial charge in [0.1, 0.15) is 0 Å². The summed E-state index contributed by atoms with van der Waals surface area (Å²) in [5, 5.41) is 6.44. The molecule has 10 rings (SSSR count). The van der Waals surface area contributed by atoms with Crippen LogP contribution in [0.5, 0.6) is 0 Å². The highest BCUT2D eigenvalue weighted by molar-refractivity contribution is 7.25. The Balaban J connectivity index is 1.26. The fraction of sp³-hybridized carbons (Fsp3) is 0.0435. The molecule has 0 aliphatic carbocycles. The Morgan fingerprint density at radius 1 is 0.408 bits per heavy atom. The molecule has 232 valence electrons. The van der Waals surface area contributed by atoms with Crippen molar-refractivity contribution >= 4 is 64.2 Å². The molecular weight excluding hydrogens is 613 g/mol. The molecule has 0 unspecified atom stereocenters. The molecule has 49 heavy (non-hydrogen) atoms. The Morgan fingerprint density at radius 2 is 1.10 bits per heavy atom. The largest absolute Gasteiger partial charge is 0.317 e. The van der Waals surface area contributed by atoms with Gasteiger partial charge < -0.3 is 9.13 Å². The van der Waals surface area contributed by atoms with Crippen LogP contribution in [0.4, 0.5) is 0 Å². The highest BCUT2D eigenvalue weighted by atomic mass is 32.1. The molecule has 0 aliphatic heterocycles. The van der Waals surface area contributed by atoms with Crippen molar-refractivity contribution in [1.82, 2.24) is 9.13 Å². The molecule has 7 aromatic carbocycles. The van der Waals surface area contributed by atoms with Crippen LogP contribution in [0, 0.1) is 0 Å². The number of nitrogens with zero attached hydrogens (tertiary/aromatic N) is 2. The molecule has 0 atom stereocenters. The second-order valence-corrected chi connectivity index (χ2v) is 14.1. The van der Waals surface area contributed by atoms with E-state index >= 15 is 0 Å². The van der Waals surface area contributed by atoms with Crippen LogP contribution in [0.15, 0.2) is 170 Å². The third kappa shape index (κ3) is 4.77. The minimum Gasteiger partial charge on any atom is -0.317 e. The number of hydrogen-bond acceptors (Lipinski definition) is 1. The van der Waals surface area contributed by atoms with E-state index in [1.807, 2.05) is 11.3 Å². The number of para-hydroxylation sites is 1. The lowest BCUT2D eigenvalue weighted by atomic mass is 9.98. The lowest BCUT2D eigenvalue weighted by molar-refractivity contribution is 0.957. The van der Waals surface area contributed by atoms with Crippen molar-refractivity contribution in [3.8, 4) is 22.5 Å². The van der Waals surface area contributed by atoms with E-state index in [-0.39, 0.29) is 0 Å². The van der Waals surface area contributed by atoms with Crippen molar-refractivity contribution in [3.63, 3.8) is 0 Å². The third-order valence-electron chi connectivity index (χ3n) is 10.00. The van der Waals surface area contributed by atoms with E-state index in [1.54, 1.807) is 0 Å². The van der Waals surface area contributed by atoms with Crippen LogP contribution in [-0.2, 0) is 12.8 Å². The minimum absolute atomic E-state index is 0.972. The van der Waals surface area contributed by atoms with Gasteiger partial charge in [0.2, 0.25) is 0 Å². The summed E-state index contributed by atoms with van der Waals surface area (Å²) in [6.07, 6.45) is 4.18. The Hall–Kier alpha value is -5.90. The molecule has 0 spiro atoms. The summed E-state index contributed by atoms with van der Waals surface area (Å²) < 4.78 is 7.48. The van der Waals surface area contributed by atoms with Gasteiger partial charge in [0.25, 0.3) is 0 Å². The quantitative estimate of drug-likeness (QED) is 0.170. The molecule has 3 heteroatoms. The molecule has 3 aromatic heterocycles. The van der Waals surface area contributed by atoms with Crippen LogP contribution in [-0.4, -0.2) is 9.13 Å². The van der Waals surface area contributed by atoms with E-state index in [0.717, 1.165) is 12.8 Å². The number of benzene rings is 7. The predicted molar refractivity (Wildman–Crippen MR) is 210 cm³/mol. The monoisotopic (exact) mass is 644 g/mol. The molecule has 0 saturated heterocycles. The van der Waals surface area contributed by atoms with E-state index < -0.39 is 0 Å². The number of thiophene rings is 1. The zero-order valence-electron chi connectivity index (χ0n) is 26.9. The van der Waals surface area contributed by atoms with Gasteiger partial charge in [0.05, 0.1) is 16.6 Å². The molecule has 0 radical (unpaired) electrons. The van der Waals surface area contributed by atoms with Gasteiger partial charge in [0, 0.05) is 53.9 Å². The lowest BCUT2D eigenvalue weighted by Crippen LogP contribution is -1.99. The fourth-order valence-electron chi connectivity index (χ4n) is 7.63. The molecule has 0 fully saturated rings. The van der Waals surface area contributed by atoms with Gasteiger partial charge in [0.15, 0.2) is 0 Å². The maximum atomic E-state index is 2.52. The van der Waals surface area contributed by atoms with E-state index in [2.05, 4.69) is 179 Å². The lowest BCUT2D eigenvalue weighted by Gasteiger charge is -2.14. The van der Waals surface area contributed by atoms with Crippen LogP contribution in [0.2, 0.25) is 0 Å². The zero-order valence-corrected chi connectivity index (χ0v) is 27.7. The van der Waals surface area contributed by atoms with Gasteiger partial charge in [-0.2, -0.15) is 0 Å². The van der Waals surface area contributed by atoms with Gasteiger partial charge >= 0.3 is 0 Å². The van der Waals surface area contributed by atoms with Crippen LogP contribution >= 0.6 is 11.3 Å². The number of rotatable bonds is 6. The van der Waals surface area contributed by atoms with E-state index in [9.17, 15) is 0 Å². The van der Waals surface area contributed by atoms with Gasteiger partial charge in [-0.3, -0.25) is 0 Å². The van der Waals surface area contributed by atoms with Crippen molar-refractivity contribution in [2.45, 2.75) is 12.8 Å². The first kappa shape index (κ1) is 28.1. The van der Waals surface area contributed by atoms with Crippen molar-refractivity contribution < 1.29 is 0 Å². The second kappa shape index (κ2) is 11.4. The van der Waals surface area contributed by atoms with Gasteiger partial charge in [-0.1, -0.05) is 103 Å². The standard InChI is InChI=1S/C46H32N2S/c1-4-12-31(13-5-1)20-21-32-24-35(33-14-6-2-7-15-33)26-37(25-32)48-43-27-34-22-23-47(36-16-8-3-9-17-36)42(34)29-40(43)39-28-41-38-18-10-11-19-45(38)49-46(41)30-44(39)48/h1-19,22-30H,20-21H2. The average Bonchev–Trinajstić information content (AvgIpc) is 3.84. The highest BCUT2D eigenvalue weighted by Crippen LogP contribution is 2.42. The van der Waals surface area contributed by atoms with E-state index in [4.69, 9.17) is 0 Å². The maximum Gasteiger partial charge on any atom is 0.0555 e. The normalized spacial score (nSPS) is 11.8. The van der Waals surface area contributed by atoms with Crippen LogP contribution in [0.25, 0.3) is 75.4 Å². The first-order valence-electron chi connectivity index (χ1n) is 17.0. The molecule has 0 aliphatic rings. The predicted octanol–water partition coefficient (Wildman–Crippen LogP) is 12.5. The first-order valence-corrected chi connectivity index (χ1v) is 17.8. The van der Waals surface area contributed by atoms with Crippen LogP contribution < -0.4 is 0 Å². The van der Waals surface area contributed by atoms with Crippen molar-refractivity contribution in [2.75, 3.05) is 0 Å². The van der Waals surface area contributed by atoms with Gasteiger partial charge in [-0.05, 0) is 95.8 Å². The average molecular weight is 645 g/mol. The smallest absolute Gasteiger partial charge is 0.0555 e. The first-order chi connectivity index (χ1) is 24.3. The SMILES string of the molecule is c1ccc(CCc2cc(-c3ccccc3)cc(-n3c4cc5ccn(-c6ccccc6)c5cc4c4cc5c(cc43)sc3ccccc35)c2)cc1. The van der Waals surface area contributed by atoms with Crippen molar-refractivity contribution in [3.05, 3.63) is 181 Å². The highest BCUT2D eigenvalue weighted by Gasteiger charge is 2.19. The molecule has 0 N–H and O–H groups in total. The number of aromatic nitrogens is 2. The van der Waals surface area contributed by atoms with Gasteiger partial charge in [-0.25, -0.2) is 0 Å². The third-order valence-corrected chi connectivity index (χ3v) is 11.1. The Kier molecular flexibility index (Phi) is 6.53. The summed E-state index contributed by atoms with van der Waals surface area (Å²) in [4.78, 5) is 0. The van der Waals surface area contributed by atoms with Gasteiger partial charge in [-0.15, -0.1) is 11.3 Å². The summed E-state index contributed by atoms with van der Waals surface area (Å²) in [6, 6.07) is 60.3. The molecule has 0 saturated carbocycles. The minimum atomic E-state index is 0.972. The summed E-state index contributed by atoms with van der Waals surface area (Å²) in [6.45, 7) is 0. The van der Waals surface area contributed by atoms with Crippen LogP contribution in [0.3, 0.4) is 0 Å². The molecule has 10 aromatic rings. The number of hydrogen-bond donors (Lipinski definition) is 0. The second-order valence-electron chi connectivity index (χ2n) is 13.0. The topological polar surface area (TPSA) is 9.86 Å². The zero-order chi connectivity index (χ0) is 32.3. The number of fused-ring (bicyclic) bond motifs is 7. The molecule has 2 nitrogen and oxygen atoms in total. The van der Waals surface area contributed by atoms with Crippen LogP contribution in [0.1, 0.15) is 11.1 Å². The van der Waals surface area contributed by atoms with Crippen molar-refractivity contribution in [2.24, 2.45) is 0 Å². The Labute approximate surface area is 288 Å². The Morgan fingerprint density at radius 3 is 1.94 bits per heavy atom. The summed E-state index contributed by atoms with van der Waals surface area (Å²) in [5.74, 6) is 0. The summed E-state index contributed by atoms with van der Waals surface area (Å²) in [7, 11) is 0. The summed E-state index contributed by atoms with van der Waals surface area (Å²) >= 11 is 1.89. The molecular formula is C46H32N2S. The summed E-state index contributed by atoms with van der Waals surface area (Å²) in [5.41, 5.74) is 11.3. The Bertz CT molecular complexity index is 2800. The van der Waals surface area contributed by atoms with E-state index in [1.165, 1.54) is 86.5 Å². The van der Waals surface area contributed by atoms with Crippen molar-refractivity contribution in [1.29, 1.82) is 0 Å². The van der Waals surface area contributed by atoms with E-state index in [0.29, 0.717) is 0 Å². The maximum absolute atomic E-state index is 2.52. The molecule has 0 bridgehead atoms. The molecule has 3 heterocycles.